The van der Waals surface area contributed by atoms with Crippen molar-refractivity contribution in [1.29, 1.82) is 0 Å². The summed E-state index contributed by atoms with van der Waals surface area (Å²) in [5.41, 5.74) is 1.18. The fraction of sp³-hybridized carbons (Fsp3) is 0.476. The lowest BCUT2D eigenvalue weighted by Crippen LogP contribution is -2.42. The van der Waals surface area contributed by atoms with E-state index in [1.54, 1.807) is 11.3 Å². The number of nitrogens with zero attached hydrogens (tertiary/aromatic N) is 1. The van der Waals surface area contributed by atoms with E-state index < -0.39 is 0 Å². The molecule has 1 N–H and O–H groups in total. The number of ether oxygens (including phenoxy) is 1. The quantitative estimate of drug-likeness (QED) is 0.736. The highest BCUT2D eigenvalue weighted by Crippen LogP contribution is 2.29. The van der Waals surface area contributed by atoms with Gasteiger partial charge in [-0.05, 0) is 62.4 Å². The molecule has 1 aliphatic rings. The number of carbonyl (C=O) groups is 1. The molecule has 1 atom stereocenters. The van der Waals surface area contributed by atoms with Crippen LogP contribution in [0.1, 0.15) is 36.2 Å². The van der Waals surface area contributed by atoms with Gasteiger partial charge in [-0.25, -0.2) is 0 Å². The van der Waals surface area contributed by atoms with E-state index >= 15 is 0 Å². The zero-order valence-electron chi connectivity index (χ0n) is 16.0. The maximum atomic E-state index is 12.2. The number of nitrogens with one attached hydrogen (secondary N) is 1. The smallest absolute Gasteiger partial charge is 0.258 e. The molecule has 148 valence electrons. The molecule has 1 aromatic carbocycles. The van der Waals surface area contributed by atoms with Gasteiger partial charge >= 0.3 is 0 Å². The second-order valence-electron chi connectivity index (χ2n) is 7.16. The van der Waals surface area contributed by atoms with Crippen LogP contribution in [0.25, 0.3) is 0 Å². The second kappa shape index (κ2) is 10.7. The van der Waals surface area contributed by atoms with E-state index in [1.807, 2.05) is 31.2 Å². The Morgan fingerprint density at radius 2 is 1.96 bits per heavy atom. The molecule has 0 aliphatic carbocycles. The third-order valence-electron chi connectivity index (χ3n) is 5.01. The minimum absolute atomic E-state index is 0. The molecule has 0 spiro atoms. The molecule has 1 unspecified atom stereocenters. The van der Waals surface area contributed by atoms with Crippen LogP contribution in [0.15, 0.2) is 41.8 Å². The number of rotatable bonds is 7. The first kappa shape index (κ1) is 21.7. The number of piperidine rings is 1. The van der Waals surface area contributed by atoms with Gasteiger partial charge in [0.2, 0.25) is 0 Å². The molecule has 1 fully saturated rings. The molecule has 0 radical (unpaired) electrons. The van der Waals surface area contributed by atoms with Crippen molar-refractivity contribution in [2.75, 3.05) is 26.2 Å². The summed E-state index contributed by atoms with van der Waals surface area (Å²) < 4.78 is 5.58. The third-order valence-corrected chi connectivity index (χ3v) is 5.99. The lowest BCUT2D eigenvalue weighted by atomic mass is 9.97. The zero-order valence-corrected chi connectivity index (χ0v) is 17.7. The van der Waals surface area contributed by atoms with Crippen LogP contribution in [0.2, 0.25) is 0 Å². The minimum Gasteiger partial charge on any atom is -0.484 e. The zero-order chi connectivity index (χ0) is 18.4. The van der Waals surface area contributed by atoms with Gasteiger partial charge in [-0.1, -0.05) is 30.7 Å². The number of likely N-dealkylation sites (tertiary alicyclic amines) is 1. The first-order valence-electron chi connectivity index (χ1n) is 9.35. The number of amides is 1. The molecule has 1 aromatic heterocycles. The molecular weight excluding hydrogens is 380 g/mol. The van der Waals surface area contributed by atoms with Gasteiger partial charge in [0, 0.05) is 11.4 Å². The standard InChI is InChI=1S/C21H28N2O2S.ClH/c1-16-5-7-18(8-6-16)25-15-21(24)22-14-19(20-4-3-13-26-20)23-11-9-17(2)10-12-23;/h3-8,13,17,19H,9-12,14-15H2,1-2H3,(H,22,24);1H. The summed E-state index contributed by atoms with van der Waals surface area (Å²) in [5, 5.41) is 5.17. The number of carbonyl (C=O) groups excluding carboxylic acids is 1. The maximum Gasteiger partial charge on any atom is 0.258 e. The Bertz CT molecular complexity index is 683. The van der Waals surface area contributed by atoms with Gasteiger partial charge in [-0.3, -0.25) is 9.69 Å². The van der Waals surface area contributed by atoms with E-state index in [-0.39, 0.29) is 31.0 Å². The predicted octanol–water partition coefficient (Wildman–Crippen LogP) is 4.45. The van der Waals surface area contributed by atoms with Crippen LogP contribution < -0.4 is 10.1 Å². The van der Waals surface area contributed by atoms with Crippen molar-refractivity contribution >= 4 is 29.7 Å². The van der Waals surface area contributed by atoms with Crippen molar-refractivity contribution in [2.24, 2.45) is 5.92 Å². The van der Waals surface area contributed by atoms with Crippen LogP contribution in [0, 0.1) is 12.8 Å². The second-order valence-corrected chi connectivity index (χ2v) is 8.13. The van der Waals surface area contributed by atoms with Gasteiger partial charge < -0.3 is 10.1 Å². The monoisotopic (exact) mass is 408 g/mol. The van der Waals surface area contributed by atoms with Crippen LogP contribution in [-0.4, -0.2) is 37.0 Å². The molecule has 1 saturated heterocycles. The van der Waals surface area contributed by atoms with Crippen molar-refractivity contribution in [3.8, 4) is 5.75 Å². The largest absolute Gasteiger partial charge is 0.484 e. The first-order valence-corrected chi connectivity index (χ1v) is 10.2. The molecule has 2 heterocycles. The van der Waals surface area contributed by atoms with Crippen molar-refractivity contribution < 1.29 is 9.53 Å². The first-order chi connectivity index (χ1) is 12.6. The summed E-state index contributed by atoms with van der Waals surface area (Å²) in [7, 11) is 0. The molecule has 1 aliphatic heterocycles. The third kappa shape index (κ3) is 6.52. The number of benzene rings is 1. The van der Waals surface area contributed by atoms with E-state index in [4.69, 9.17) is 4.74 Å². The van der Waals surface area contributed by atoms with E-state index in [0.29, 0.717) is 6.54 Å². The number of hydrogen-bond acceptors (Lipinski definition) is 4. The molecule has 6 heteroatoms. The van der Waals surface area contributed by atoms with Crippen LogP contribution in [-0.2, 0) is 4.79 Å². The molecular formula is C21H29ClN2O2S. The van der Waals surface area contributed by atoms with Gasteiger partial charge in [-0.2, -0.15) is 0 Å². The van der Waals surface area contributed by atoms with E-state index in [2.05, 4.69) is 34.7 Å². The molecule has 4 nitrogen and oxygen atoms in total. The van der Waals surface area contributed by atoms with Crippen molar-refractivity contribution in [2.45, 2.75) is 32.7 Å². The Kier molecular flexibility index (Phi) is 8.61. The summed E-state index contributed by atoms with van der Waals surface area (Å²) in [5.74, 6) is 1.45. The van der Waals surface area contributed by atoms with Crippen LogP contribution in [0.3, 0.4) is 0 Å². The Labute approximate surface area is 172 Å². The Morgan fingerprint density at radius 1 is 1.26 bits per heavy atom. The van der Waals surface area contributed by atoms with E-state index in [1.165, 1.54) is 23.3 Å². The lowest BCUT2D eigenvalue weighted by molar-refractivity contribution is -0.123. The van der Waals surface area contributed by atoms with Crippen LogP contribution in [0.4, 0.5) is 0 Å². The summed E-state index contributed by atoms with van der Waals surface area (Å²) >= 11 is 1.76. The van der Waals surface area contributed by atoms with Crippen LogP contribution in [0.5, 0.6) is 5.75 Å². The molecule has 2 aromatic rings. The van der Waals surface area contributed by atoms with Crippen LogP contribution >= 0.6 is 23.7 Å². The highest BCUT2D eigenvalue weighted by atomic mass is 35.5. The molecule has 0 bridgehead atoms. The number of halogens is 1. The average Bonchev–Trinajstić information content (AvgIpc) is 3.17. The fourth-order valence-corrected chi connectivity index (χ4v) is 4.14. The molecule has 27 heavy (non-hydrogen) atoms. The molecule has 3 rings (SSSR count). The van der Waals surface area contributed by atoms with Gasteiger partial charge in [0.15, 0.2) is 6.61 Å². The summed E-state index contributed by atoms with van der Waals surface area (Å²) in [4.78, 5) is 16.1. The predicted molar refractivity (Wildman–Crippen MR) is 114 cm³/mol. The normalized spacial score (nSPS) is 16.4. The maximum absolute atomic E-state index is 12.2. The Balaban J connectivity index is 0.00000261. The van der Waals surface area contributed by atoms with E-state index in [0.717, 1.165) is 24.8 Å². The van der Waals surface area contributed by atoms with Gasteiger partial charge in [-0.15, -0.1) is 23.7 Å². The summed E-state index contributed by atoms with van der Waals surface area (Å²) in [6.45, 7) is 7.23. The van der Waals surface area contributed by atoms with Gasteiger partial charge in [0.1, 0.15) is 5.75 Å². The van der Waals surface area contributed by atoms with Gasteiger partial charge in [0.25, 0.3) is 5.91 Å². The molecule has 0 saturated carbocycles. The number of hydrogen-bond donors (Lipinski definition) is 1. The minimum atomic E-state index is -0.0718. The summed E-state index contributed by atoms with van der Waals surface area (Å²) in [6.07, 6.45) is 2.46. The van der Waals surface area contributed by atoms with E-state index in [9.17, 15) is 4.79 Å². The highest BCUT2D eigenvalue weighted by Gasteiger charge is 2.25. The Hall–Kier alpha value is -1.56. The fourth-order valence-electron chi connectivity index (χ4n) is 3.28. The summed E-state index contributed by atoms with van der Waals surface area (Å²) in [6, 6.07) is 12.3. The average molecular weight is 409 g/mol. The SMILES string of the molecule is Cc1ccc(OCC(=O)NCC(c2cccs2)N2CCC(C)CC2)cc1.Cl. The lowest BCUT2D eigenvalue weighted by Gasteiger charge is -2.36. The molecule has 1 amide bonds. The topological polar surface area (TPSA) is 41.6 Å². The number of thiophene rings is 1. The van der Waals surface area contributed by atoms with Crippen molar-refractivity contribution in [1.82, 2.24) is 10.2 Å². The highest BCUT2D eigenvalue weighted by molar-refractivity contribution is 7.10. The van der Waals surface area contributed by atoms with Crippen molar-refractivity contribution in [3.63, 3.8) is 0 Å². The Morgan fingerprint density at radius 3 is 2.59 bits per heavy atom. The van der Waals surface area contributed by atoms with Gasteiger partial charge in [0.05, 0.1) is 6.04 Å². The van der Waals surface area contributed by atoms with Crippen molar-refractivity contribution in [3.05, 3.63) is 52.2 Å². The number of aryl methyl sites for hydroxylation is 1.